The highest BCUT2D eigenvalue weighted by Crippen LogP contribution is 2.44. The van der Waals surface area contributed by atoms with Gasteiger partial charge in [0.05, 0.1) is 6.04 Å². The Hall–Kier alpha value is -2.86. The van der Waals surface area contributed by atoms with Gasteiger partial charge < -0.3 is 19.8 Å². The summed E-state index contributed by atoms with van der Waals surface area (Å²) in [5.74, 6) is -0.147. The number of piperazine rings is 1. The summed E-state index contributed by atoms with van der Waals surface area (Å²) in [5.41, 5.74) is 3.67. The average Bonchev–Trinajstić information content (AvgIpc) is 3.56. The van der Waals surface area contributed by atoms with Gasteiger partial charge in [-0.05, 0) is 61.4 Å². The first-order valence-electron chi connectivity index (χ1n) is 14.3. The van der Waals surface area contributed by atoms with Gasteiger partial charge in [0.15, 0.2) is 0 Å². The number of carbonyl (C=O) groups excluding carboxylic acids is 2. The van der Waals surface area contributed by atoms with Crippen LogP contribution in [0.15, 0.2) is 48.5 Å². The maximum absolute atomic E-state index is 13.2. The normalized spacial score (nSPS) is 23.8. The van der Waals surface area contributed by atoms with Crippen molar-refractivity contribution in [1.82, 2.24) is 9.80 Å². The van der Waals surface area contributed by atoms with Crippen molar-refractivity contribution in [2.45, 2.75) is 81.9 Å². The van der Waals surface area contributed by atoms with Crippen LogP contribution < -0.4 is 4.90 Å². The molecule has 4 aliphatic rings. The van der Waals surface area contributed by atoms with E-state index in [-0.39, 0.29) is 11.8 Å². The Bertz CT molecular complexity index is 1130. The molecule has 2 heterocycles. The Labute approximate surface area is 220 Å². The zero-order valence-corrected chi connectivity index (χ0v) is 21.8. The van der Waals surface area contributed by atoms with E-state index in [1.807, 2.05) is 17.0 Å². The van der Waals surface area contributed by atoms with Crippen molar-refractivity contribution in [3.05, 3.63) is 65.2 Å². The highest BCUT2D eigenvalue weighted by Gasteiger charge is 2.50. The zero-order chi connectivity index (χ0) is 25.4. The largest absolute Gasteiger partial charge is 0.380 e. The monoisotopic (exact) mass is 501 g/mol. The summed E-state index contributed by atoms with van der Waals surface area (Å²) in [4.78, 5) is 31.9. The van der Waals surface area contributed by atoms with E-state index in [4.69, 9.17) is 0 Å². The zero-order valence-electron chi connectivity index (χ0n) is 21.8. The number of fused-ring (bicyclic) bond motifs is 1. The second-order valence-corrected chi connectivity index (χ2v) is 11.5. The smallest absolute Gasteiger partial charge is 0.254 e. The van der Waals surface area contributed by atoms with Crippen LogP contribution in [-0.2, 0) is 11.2 Å². The average molecular weight is 502 g/mol. The lowest BCUT2D eigenvalue weighted by molar-refractivity contribution is -0.143. The summed E-state index contributed by atoms with van der Waals surface area (Å²) in [6.07, 6.45) is 11.3. The first-order chi connectivity index (χ1) is 18.0. The number of para-hydroxylation sites is 1. The maximum atomic E-state index is 13.2. The second-order valence-electron chi connectivity index (χ2n) is 11.5. The molecule has 1 unspecified atom stereocenters. The van der Waals surface area contributed by atoms with Crippen molar-refractivity contribution in [2.24, 2.45) is 0 Å². The molecule has 0 bridgehead atoms. The van der Waals surface area contributed by atoms with E-state index in [0.717, 1.165) is 6.42 Å². The van der Waals surface area contributed by atoms with Gasteiger partial charge in [-0.25, -0.2) is 0 Å². The van der Waals surface area contributed by atoms with Gasteiger partial charge in [-0.3, -0.25) is 9.59 Å². The molecule has 0 spiro atoms. The van der Waals surface area contributed by atoms with Crippen LogP contribution in [0.2, 0.25) is 0 Å². The number of amides is 2. The molecule has 6 heteroatoms. The molecular weight excluding hydrogens is 462 g/mol. The third-order valence-electron chi connectivity index (χ3n) is 9.01. The lowest BCUT2D eigenvalue weighted by Gasteiger charge is -2.37. The Morgan fingerprint density at radius 3 is 2.08 bits per heavy atom. The SMILES string of the molecule is O=C(c1ccc(C2Cc3ccccc3N2C2CCCCCCC2)cc1)N1CCN(C(=O)C2(O)CC2)CC1. The van der Waals surface area contributed by atoms with Crippen molar-refractivity contribution >= 4 is 17.5 Å². The predicted molar refractivity (Wildman–Crippen MR) is 145 cm³/mol. The third kappa shape index (κ3) is 4.88. The minimum absolute atomic E-state index is 0.0235. The molecule has 2 saturated carbocycles. The molecule has 1 N–H and O–H groups in total. The highest BCUT2D eigenvalue weighted by atomic mass is 16.3. The molecule has 0 aromatic heterocycles. The number of nitrogens with zero attached hydrogens (tertiary/aromatic N) is 3. The van der Waals surface area contributed by atoms with Crippen LogP contribution in [-0.4, -0.2) is 64.5 Å². The number of hydrogen-bond donors (Lipinski definition) is 1. The van der Waals surface area contributed by atoms with Crippen molar-refractivity contribution in [3.8, 4) is 0 Å². The van der Waals surface area contributed by atoms with E-state index in [0.29, 0.717) is 56.7 Å². The van der Waals surface area contributed by atoms with Crippen LogP contribution in [0.25, 0.3) is 0 Å². The Morgan fingerprint density at radius 2 is 1.41 bits per heavy atom. The van der Waals surface area contributed by atoms with Crippen molar-refractivity contribution in [2.75, 3.05) is 31.1 Å². The number of anilines is 1. The lowest BCUT2D eigenvalue weighted by atomic mass is 9.93. The van der Waals surface area contributed by atoms with Crippen LogP contribution in [0.4, 0.5) is 5.69 Å². The van der Waals surface area contributed by atoms with Crippen LogP contribution >= 0.6 is 0 Å². The molecule has 2 aliphatic heterocycles. The van der Waals surface area contributed by atoms with Crippen LogP contribution in [0.3, 0.4) is 0 Å². The summed E-state index contributed by atoms with van der Waals surface area (Å²) in [7, 11) is 0. The van der Waals surface area contributed by atoms with Crippen molar-refractivity contribution in [3.63, 3.8) is 0 Å². The van der Waals surface area contributed by atoms with Gasteiger partial charge in [0.2, 0.25) is 0 Å². The van der Waals surface area contributed by atoms with E-state index < -0.39 is 5.60 Å². The van der Waals surface area contributed by atoms with E-state index in [1.165, 1.54) is 61.8 Å². The van der Waals surface area contributed by atoms with E-state index in [9.17, 15) is 14.7 Å². The number of rotatable bonds is 4. The van der Waals surface area contributed by atoms with Gasteiger partial charge in [0.25, 0.3) is 11.8 Å². The molecule has 2 aliphatic carbocycles. The van der Waals surface area contributed by atoms with Crippen LogP contribution in [0.1, 0.15) is 85.3 Å². The van der Waals surface area contributed by atoms with Crippen molar-refractivity contribution in [1.29, 1.82) is 0 Å². The summed E-state index contributed by atoms with van der Waals surface area (Å²) < 4.78 is 0. The lowest BCUT2D eigenvalue weighted by Crippen LogP contribution is -2.53. The molecule has 1 saturated heterocycles. The van der Waals surface area contributed by atoms with E-state index in [2.05, 4.69) is 41.3 Å². The fourth-order valence-electron chi connectivity index (χ4n) is 6.62. The fraction of sp³-hybridized carbons (Fsp3) is 0.548. The van der Waals surface area contributed by atoms with Gasteiger partial charge in [0.1, 0.15) is 5.60 Å². The summed E-state index contributed by atoms with van der Waals surface area (Å²) in [6.45, 7) is 1.99. The minimum Gasteiger partial charge on any atom is -0.380 e. The number of hydrogen-bond acceptors (Lipinski definition) is 4. The molecule has 37 heavy (non-hydrogen) atoms. The van der Waals surface area contributed by atoms with Gasteiger partial charge >= 0.3 is 0 Å². The Kier molecular flexibility index (Phi) is 6.70. The standard InChI is InChI=1S/C31H39N3O3/c35-29(32-18-20-33(21-19-32)30(36)31(37)16-17-31)24-14-12-23(13-15-24)28-22-25-8-6-7-11-27(25)34(28)26-9-4-2-1-3-5-10-26/h6-8,11-15,26,28,37H,1-5,9-10,16-22H2. The predicted octanol–water partition coefficient (Wildman–Crippen LogP) is 4.71. The topological polar surface area (TPSA) is 64.1 Å². The first-order valence-corrected chi connectivity index (χ1v) is 14.3. The molecule has 0 radical (unpaired) electrons. The van der Waals surface area contributed by atoms with E-state index >= 15 is 0 Å². The molecule has 2 aromatic carbocycles. The minimum atomic E-state index is -1.13. The van der Waals surface area contributed by atoms with Gasteiger partial charge in [-0.1, -0.05) is 62.4 Å². The number of carbonyl (C=O) groups is 2. The second kappa shape index (κ2) is 10.1. The fourth-order valence-corrected chi connectivity index (χ4v) is 6.62. The summed E-state index contributed by atoms with van der Waals surface area (Å²) in [5, 5.41) is 10.1. The first kappa shape index (κ1) is 24.5. The highest BCUT2D eigenvalue weighted by molar-refractivity contribution is 5.94. The Morgan fingerprint density at radius 1 is 0.784 bits per heavy atom. The quantitative estimate of drug-likeness (QED) is 0.659. The third-order valence-corrected chi connectivity index (χ3v) is 9.01. The molecular formula is C31H39N3O3. The van der Waals surface area contributed by atoms with Crippen molar-refractivity contribution < 1.29 is 14.7 Å². The Balaban J connectivity index is 1.15. The maximum Gasteiger partial charge on any atom is 0.254 e. The van der Waals surface area contributed by atoms with Crippen LogP contribution in [0.5, 0.6) is 0 Å². The summed E-state index contributed by atoms with van der Waals surface area (Å²) in [6, 6.07) is 18.0. The van der Waals surface area contributed by atoms with Gasteiger partial charge in [-0.15, -0.1) is 0 Å². The summed E-state index contributed by atoms with van der Waals surface area (Å²) >= 11 is 0. The molecule has 3 fully saturated rings. The molecule has 6 nitrogen and oxygen atoms in total. The molecule has 1 atom stereocenters. The van der Waals surface area contributed by atoms with Gasteiger partial charge in [0, 0.05) is 43.5 Å². The molecule has 196 valence electrons. The molecule has 6 rings (SSSR count). The number of aliphatic hydroxyl groups is 1. The number of benzene rings is 2. The molecule has 2 aromatic rings. The van der Waals surface area contributed by atoms with E-state index in [1.54, 1.807) is 4.90 Å². The molecule has 2 amide bonds. The van der Waals surface area contributed by atoms with Gasteiger partial charge in [-0.2, -0.15) is 0 Å². The van der Waals surface area contributed by atoms with Crippen LogP contribution in [0, 0.1) is 0 Å².